The highest BCUT2D eigenvalue weighted by Crippen LogP contribution is 2.60. The van der Waals surface area contributed by atoms with Crippen LogP contribution >= 0.6 is 15.9 Å². The van der Waals surface area contributed by atoms with Crippen molar-refractivity contribution in [2.45, 2.75) is 134 Å². The van der Waals surface area contributed by atoms with Crippen molar-refractivity contribution < 1.29 is 23.5 Å². The van der Waals surface area contributed by atoms with Gasteiger partial charge in [0.05, 0.1) is 21.6 Å². The van der Waals surface area contributed by atoms with Crippen molar-refractivity contribution in [1.82, 2.24) is 0 Å². The second kappa shape index (κ2) is 16.5. The Morgan fingerprint density at radius 3 is 2.02 bits per heavy atom. The number of carbonyl (C=O) groups excluding carboxylic acids is 2. The summed E-state index contributed by atoms with van der Waals surface area (Å²) in [7, 11) is -1.57. The maximum absolute atomic E-state index is 13.1. The summed E-state index contributed by atoms with van der Waals surface area (Å²) in [6.07, 6.45) is 14.7. The number of rotatable bonds is 12. The molecule has 0 aromatic heterocycles. The summed E-state index contributed by atoms with van der Waals surface area (Å²) < 4.78 is 18.7. The average molecular weight is 764 g/mol. The van der Waals surface area contributed by atoms with Crippen LogP contribution in [-0.4, -0.2) is 42.9 Å². The van der Waals surface area contributed by atoms with Gasteiger partial charge in [-0.25, -0.2) is 9.59 Å². The lowest BCUT2D eigenvalue weighted by Gasteiger charge is -2.44. The van der Waals surface area contributed by atoms with Gasteiger partial charge >= 0.3 is 11.9 Å². The van der Waals surface area contributed by atoms with Gasteiger partial charge in [0.25, 0.3) is 0 Å². The van der Waals surface area contributed by atoms with Gasteiger partial charge in [0.2, 0.25) is 0 Å². The van der Waals surface area contributed by atoms with E-state index in [-0.39, 0.29) is 22.4 Å². The van der Waals surface area contributed by atoms with Crippen LogP contribution in [0.2, 0.25) is 19.6 Å². The van der Waals surface area contributed by atoms with Crippen LogP contribution in [0.3, 0.4) is 0 Å². The Hall–Kier alpha value is -2.48. The highest BCUT2D eigenvalue weighted by molar-refractivity contribution is 9.09. The van der Waals surface area contributed by atoms with E-state index in [4.69, 9.17) is 13.9 Å². The lowest BCUT2D eigenvalue weighted by Crippen LogP contribution is -2.43. The standard InChI is InChI=1S/C43H59BrO5Si/c1-30(16-14-26-42(2,3)49-50(5,6)7)35-24-25-36-32(21-15-27-43(35,36)4)23-22-31-28-37(47-40(45)33-17-10-8-11-18-33)39(44)38(29-31)48-41(46)34-19-12-9-13-20-34/h8-13,17-20,22-23,30,35-39H,14-16,21,24-29H2,1-7H3/b31-22?,32-23+/t30-,35-,36+,37-,38-,39?,43-/m1/s1. The summed E-state index contributed by atoms with van der Waals surface area (Å²) in [6, 6.07) is 18.2. The van der Waals surface area contributed by atoms with Gasteiger partial charge in [-0.1, -0.05) is 102 Å². The Balaban J connectivity index is 1.29. The predicted molar refractivity (Wildman–Crippen MR) is 209 cm³/mol. The summed E-state index contributed by atoms with van der Waals surface area (Å²) in [6.45, 7) is 16.5. The molecule has 3 aliphatic carbocycles. The zero-order chi connectivity index (χ0) is 36.1. The lowest BCUT2D eigenvalue weighted by atomic mass is 9.60. The predicted octanol–water partition coefficient (Wildman–Crippen LogP) is 11.5. The van der Waals surface area contributed by atoms with Gasteiger partial charge in [0, 0.05) is 12.8 Å². The second-order valence-electron chi connectivity index (χ2n) is 17.0. The first-order chi connectivity index (χ1) is 23.6. The van der Waals surface area contributed by atoms with Crippen LogP contribution in [0.1, 0.15) is 113 Å². The highest BCUT2D eigenvalue weighted by atomic mass is 79.9. The largest absolute Gasteiger partial charge is 0.457 e. The van der Waals surface area contributed by atoms with E-state index in [1.165, 1.54) is 38.5 Å². The molecule has 5 nitrogen and oxygen atoms in total. The van der Waals surface area contributed by atoms with E-state index >= 15 is 0 Å². The summed E-state index contributed by atoms with van der Waals surface area (Å²) in [5.41, 5.74) is 4.00. The fourth-order valence-corrected chi connectivity index (χ4v) is 11.7. The van der Waals surface area contributed by atoms with Crippen molar-refractivity contribution >= 4 is 36.2 Å². The Labute approximate surface area is 310 Å². The molecular weight excluding hydrogens is 704 g/mol. The molecule has 0 spiro atoms. The van der Waals surface area contributed by atoms with Crippen LogP contribution in [0.15, 0.2) is 84.0 Å². The molecule has 3 aliphatic rings. The quantitative estimate of drug-likeness (QED) is 0.122. The topological polar surface area (TPSA) is 61.8 Å². The molecule has 2 aromatic rings. The Morgan fingerprint density at radius 1 is 0.920 bits per heavy atom. The van der Waals surface area contributed by atoms with Gasteiger partial charge in [0.1, 0.15) is 12.2 Å². The molecule has 0 heterocycles. The average Bonchev–Trinajstić information content (AvgIpc) is 3.42. The van der Waals surface area contributed by atoms with E-state index in [0.29, 0.717) is 41.2 Å². The number of hydrogen-bond acceptors (Lipinski definition) is 5. The number of fused-ring (bicyclic) bond motifs is 1. The fraction of sp³-hybridized carbons (Fsp3) is 0.581. The molecule has 0 unspecified atom stereocenters. The number of halogens is 1. The van der Waals surface area contributed by atoms with Crippen molar-refractivity contribution in [2.75, 3.05) is 0 Å². The van der Waals surface area contributed by atoms with Crippen molar-refractivity contribution in [3.8, 4) is 0 Å². The minimum Gasteiger partial charge on any atom is -0.457 e. The molecule has 6 atom stereocenters. The Kier molecular flexibility index (Phi) is 12.8. The number of alkyl halides is 1. The fourth-order valence-electron chi connectivity index (χ4n) is 9.34. The third kappa shape index (κ3) is 9.89. The monoisotopic (exact) mass is 762 g/mol. The van der Waals surface area contributed by atoms with Crippen LogP contribution in [0.4, 0.5) is 0 Å². The third-order valence-electron chi connectivity index (χ3n) is 11.5. The number of allylic oxidation sites excluding steroid dienone is 3. The van der Waals surface area contributed by atoms with E-state index in [1.54, 1.807) is 29.8 Å². The Morgan fingerprint density at radius 2 is 1.48 bits per heavy atom. The zero-order valence-electron chi connectivity index (χ0n) is 31.4. The summed E-state index contributed by atoms with van der Waals surface area (Å²) in [5, 5.41) is 0. The maximum atomic E-state index is 13.1. The van der Waals surface area contributed by atoms with E-state index in [0.717, 1.165) is 24.3 Å². The van der Waals surface area contributed by atoms with Crippen molar-refractivity contribution in [3.05, 3.63) is 95.1 Å². The molecule has 7 heteroatoms. The van der Waals surface area contributed by atoms with Gasteiger partial charge in [-0.15, -0.1) is 0 Å². The second-order valence-corrected chi connectivity index (χ2v) is 22.5. The molecule has 3 fully saturated rings. The number of hydrogen-bond donors (Lipinski definition) is 0. The molecule has 5 rings (SSSR count). The first-order valence-electron chi connectivity index (χ1n) is 18.9. The molecule has 0 aliphatic heterocycles. The van der Waals surface area contributed by atoms with Crippen molar-refractivity contribution in [1.29, 1.82) is 0 Å². The number of ether oxygens (including phenoxy) is 2. The smallest absolute Gasteiger partial charge is 0.338 e. The first-order valence-corrected chi connectivity index (χ1v) is 23.2. The van der Waals surface area contributed by atoms with Crippen molar-refractivity contribution in [3.63, 3.8) is 0 Å². The molecule has 3 saturated carbocycles. The minimum atomic E-state index is -1.57. The van der Waals surface area contributed by atoms with Gasteiger partial charge in [0.15, 0.2) is 8.32 Å². The molecule has 50 heavy (non-hydrogen) atoms. The first kappa shape index (κ1) is 38.7. The van der Waals surface area contributed by atoms with E-state index in [2.05, 4.69) is 75.4 Å². The zero-order valence-corrected chi connectivity index (χ0v) is 34.0. The van der Waals surface area contributed by atoms with Gasteiger partial charge in [-0.3, -0.25) is 0 Å². The summed E-state index contributed by atoms with van der Waals surface area (Å²) in [4.78, 5) is 26.0. The Bertz CT molecular complexity index is 1450. The van der Waals surface area contributed by atoms with Gasteiger partial charge in [-0.2, -0.15) is 0 Å². The number of benzene rings is 2. The summed E-state index contributed by atoms with van der Waals surface area (Å²) in [5.74, 6) is 1.29. The third-order valence-corrected chi connectivity index (χ3v) is 13.8. The number of esters is 2. The normalized spacial score (nSPS) is 28.5. The van der Waals surface area contributed by atoms with Crippen LogP contribution < -0.4 is 0 Å². The molecule has 272 valence electrons. The van der Waals surface area contributed by atoms with Crippen LogP contribution in [0.5, 0.6) is 0 Å². The molecular formula is C43H59BrO5Si. The lowest BCUT2D eigenvalue weighted by molar-refractivity contribution is -0.00360. The van der Waals surface area contributed by atoms with E-state index in [9.17, 15) is 9.59 Å². The minimum absolute atomic E-state index is 0.0493. The number of carbonyl (C=O) groups is 2. The highest BCUT2D eigenvalue weighted by Gasteiger charge is 2.50. The molecule has 0 bridgehead atoms. The molecule has 0 radical (unpaired) electrons. The van der Waals surface area contributed by atoms with Gasteiger partial charge < -0.3 is 13.9 Å². The molecule has 0 amide bonds. The van der Waals surface area contributed by atoms with E-state index < -0.39 is 20.5 Å². The SMILES string of the molecule is C[C@H](CCCC(C)(C)O[Si](C)(C)C)[C@H]1CC[C@H]2/C(=C/C=C3C[C@@H](OC(=O)c4ccccc4)C(Br)[C@H](OC(=O)c4ccccc4)C3)CCC[C@]12C. The van der Waals surface area contributed by atoms with Crippen LogP contribution in [0.25, 0.3) is 0 Å². The van der Waals surface area contributed by atoms with Gasteiger partial charge in [-0.05, 0) is 119 Å². The van der Waals surface area contributed by atoms with Crippen LogP contribution in [-0.2, 0) is 13.9 Å². The van der Waals surface area contributed by atoms with Crippen LogP contribution in [0, 0.1) is 23.2 Å². The van der Waals surface area contributed by atoms with Crippen molar-refractivity contribution in [2.24, 2.45) is 23.2 Å². The van der Waals surface area contributed by atoms with E-state index in [1.807, 2.05) is 36.4 Å². The molecule has 2 aromatic carbocycles. The molecule has 0 N–H and O–H groups in total. The summed E-state index contributed by atoms with van der Waals surface area (Å²) >= 11 is 3.78. The maximum Gasteiger partial charge on any atom is 0.338 e. The molecule has 0 saturated heterocycles.